The summed E-state index contributed by atoms with van der Waals surface area (Å²) in [7, 11) is 1.62. The normalized spacial score (nSPS) is 23.3. The van der Waals surface area contributed by atoms with Crippen molar-refractivity contribution in [2.45, 2.75) is 44.9 Å². The molecule has 3 unspecified atom stereocenters. The average molecular weight is 503 g/mol. The number of phenolic OH excluding ortho intramolecular Hbond substituents is 1. The number of rotatable bonds is 7. The van der Waals surface area contributed by atoms with Crippen LogP contribution in [0, 0.1) is 18.8 Å². The smallest absolute Gasteiger partial charge is 0.213 e. The van der Waals surface area contributed by atoms with Gasteiger partial charge in [0.05, 0.1) is 13.8 Å². The number of phenols is 1. The summed E-state index contributed by atoms with van der Waals surface area (Å²) >= 11 is 0. The Hall–Kier alpha value is -3.25. The van der Waals surface area contributed by atoms with E-state index in [9.17, 15) is 14.3 Å². The van der Waals surface area contributed by atoms with Crippen LogP contribution in [-0.2, 0) is 11.2 Å². The van der Waals surface area contributed by atoms with Gasteiger partial charge in [-0.25, -0.2) is 4.98 Å². The lowest BCUT2D eigenvalue weighted by Gasteiger charge is -2.35. The first-order valence-corrected chi connectivity index (χ1v) is 13.3. The molecule has 0 saturated carbocycles. The van der Waals surface area contributed by atoms with Crippen LogP contribution in [0.2, 0.25) is 0 Å². The summed E-state index contributed by atoms with van der Waals surface area (Å²) in [4.78, 5) is 18.0. The minimum Gasteiger partial charge on any atom is -0.508 e. The number of aryl methyl sites for hydroxylation is 1. The number of aromatic hydroxyl groups is 1. The Kier molecular flexibility index (Phi) is 7.56. The number of nitrogens with zero attached hydrogens (tertiary/aromatic N) is 1. The molecule has 1 fully saturated rings. The van der Waals surface area contributed by atoms with Crippen LogP contribution in [0.1, 0.15) is 59.5 Å². The fraction of sp³-hybridized carbons (Fsp3) is 0.419. The van der Waals surface area contributed by atoms with Gasteiger partial charge in [-0.05, 0) is 97.5 Å². The van der Waals surface area contributed by atoms with E-state index in [-0.39, 0.29) is 23.4 Å². The topological polar surface area (TPSA) is 71.5 Å². The van der Waals surface area contributed by atoms with Crippen molar-refractivity contribution in [3.8, 4) is 11.6 Å². The molecule has 2 N–H and O–H groups in total. The number of allylic oxidation sites excluding steroid dienone is 5. The molecule has 194 valence electrons. The summed E-state index contributed by atoms with van der Waals surface area (Å²) in [6, 6.07) is 7.61. The predicted octanol–water partition coefficient (Wildman–Crippen LogP) is 5.72. The quantitative estimate of drug-likeness (QED) is 0.507. The number of ether oxygens (including phenoxy) is 1. The molecule has 5 rings (SSSR count). The zero-order valence-corrected chi connectivity index (χ0v) is 21.6. The highest BCUT2D eigenvalue weighted by Crippen LogP contribution is 2.51. The number of benzene rings is 1. The van der Waals surface area contributed by atoms with Crippen molar-refractivity contribution in [2.75, 3.05) is 26.9 Å². The molecule has 2 heterocycles. The Bertz CT molecular complexity index is 1270. The van der Waals surface area contributed by atoms with Gasteiger partial charge in [-0.15, -0.1) is 0 Å². The van der Waals surface area contributed by atoms with E-state index in [4.69, 9.17) is 4.74 Å². The SMILES string of the molecule is COc1ccc(C2=Cc3ccc(O)c(CCCF)c3C(C3=CC=CCC3=O)C(C3CCNC3)C2)c(C)n1. The molecule has 1 aromatic heterocycles. The summed E-state index contributed by atoms with van der Waals surface area (Å²) in [6.45, 7) is 3.38. The Morgan fingerprint density at radius 2 is 2.11 bits per heavy atom. The maximum absolute atomic E-state index is 13.4. The molecule has 0 amide bonds. The molecule has 6 heteroatoms. The van der Waals surface area contributed by atoms with Crippen LogP contribution in [0.3, 0.4) is 0 Å². The van der Waals surface area contributed by atoms with E-state index in [0.717, 1.165) is 65.0 Å². The Balaban J connectivity index is 1.75. The lowest BCUT2D eigenvalue weighted by molar-refractivity contribution is -0.115. The van der Waals surface area contributed by atoms with Gasteiger partial charge in [0.15, 0.2) is 5.78 Å². The lowest BCUT2D eigenvalue weighted by atomic mass is 9.68. The largest absolute Gasteiger partial charge is 0.508 e. The van der Waals surface area contributed by atoms with Crippen molar-refractivity contribution < 1.29 is 19.0 Å². The summed E-state index contributed by atoms with van der Waals surface area (Å²) < 4.78 is 18.7. The maximum atomic E-state index is 13.4. The number of halogens is 1. The number of fused-ring (bicyclic) bond motifs is 1. The van der Waals surface area contributed by atoms with Crippen molar-refractivity contribution in [3.63, 3.8) is 0 Å². The Labute approximate surface area is 218 Å². The second-order valence-electron chi connectivity index (χ2n) is 10.3. The van der Waals surface area contributed by atoms with Gasteiger partial charge in [-0.2, -0.15) is 0 Å². The molecular weight excluding hydrogens is 467 g/mol. The van der Waals surface area contributed by atoms with Gasteiger partial charge >= 0.3 is 0 Å². The molecule has 1 aromatic carbocycles. The third-order valence-corrected chi connectivity index (χ3v) is 8.14. The number of methoxy groups -OCH3 is 1. The Morgan fingerprint density at radius 3 is 2.81 bits per heavy atom. The number of hydrogen-bond donors (Lipinski definition) is 2. The van der Waals surface area contributed by atoms with E-state index in [2.05, 4.69) is 22.4 Å². The number of carbonyl (C=O) groups excluding carboxylic acids is 1. The van der Waals surface area contributed by atoms with E-state index in [1.807, 2.05) is 37.3 Å². The van der Waals surface area contributed by atoms with E-state index < -0.39 is 6.67 Å². The highest BCUT2D eigenvalue weighted by molar-refractivity contribution is 6.00. The monoisotopic (exact) mass is 502 g/mol. The van der Waals surface area contributed by atoms with Crippen LogP contribution in [0.25, 0.3) is 11.6 Å². The molecule has 1 aliphatic heterocycles. The van der Waals surface area contributed by atoms with E-state index in [0.29, 0.717) is 31.1 Å². The first-order valence-electron chi connectivity index (χ1n) is 13.3. The fourth-order valence-electron chi connectivity index (χ4n) is 6.38. The van der Waals surface area contributed by atoms with Crippen molar-refractivity contribution in [2.24, 2.45) is 11.8 Å². The number of alkyl halides is 1. The molecule has 2 aromatic rings. The summed E-state index contributed by atoms with van der Waals surface area (Å²) in [6.07, 6.45) is 11.0. The fourth-order valence-corrected chi connectivity index (χ4v) is 6.38. The third kappa shape index (κ3) is 4.99. The summed E-state index contributed by atoms with van der Waals surface area (Å²) in [5.41, 5.74) is 6.64. The molecule has 3 atom stereocenters. The minimum atomic E-state index is -0.452. The van der Waals surface area contributed by atoms with Gasteiger partial charge in [0.25, 0.3) is 0 Å². The van der Waals surface area contributed by atoms with Crippen LogP contribution in [-0.4, -0.2) is 42.7 Å². The number of carbonyl (C=O) groups is 1. The first kappa shape index (κ1) is 25.4. The molecule has 2 aliphatic carbocycles. The molecule has 5 nitrogen and oxygen atoms in total. The summed E-state index contributed by atoms with van der Waals surface area (Å²) in [5.74, 6) is 1.20. The molecule has 1 saturated heterocycles. The number of Topliss-reactive ketones (excluding diaryl/α,β-unsaturated/α-hetero) is 1. The van der Waals surface area contributed by atoms with Crippen molar-refractivity contribution in [3.05, 3.63) is 76.0 Å². The van der Waals surface area contributed by atoms with Crippen LogP contribution >= 0.6 is 0 Å². The van der Waals surface area contributed by atoms with E-state index in [1.54, 1.807) is 13.2 Å². The predicted molar refractivity (Wildman–Crippen MR) is 144 cm³/mol. The third-order valence-electron chi connectivity index (χ3n) is 8.14. The van der Waals surface area contributed by atoms with E-state index in [1.165, 1.54) is 0 Å². The van der Waals surface area contributed by atoms with Crippen LogP contribution in [0.5, 0.6) is 11.6 Å². The Morgan fingerprint density at radius 1 is 1.24 bits per heavy atom. The van der Waals surface area contributed by atoms with Gasteiger partial charge in [-0.1, -0.05) is 30.4 Å². The molecule has 37 heavy (non-hydrogen) atoms. The average Bonchev–Trinajstić information content (AvgIpc) is 3.38. The number of nitrogens with one attached hydrogen (secondary N) is 1. The van der Waals surface area contributed by atoms with Crippen molar-refractivity contribution in [1.29, 1.82) is 0 Å². The zero-order valence-electron chi connectivity index (χ0n) is 21.6. The molecule has 3 aliphatic rings. The van der Waals surface area contributed by atoms with Gasteiger partial charge in [0.2, 0.25) is 5.88 Å². The van der Waals surface area contributed by atoms with E-state index >= 15 is 0 Å². The molecular formula is C31H35FN2O3. The van der Waals surface area contributed by atoms with Crippen molar-refractivity contribution >= 4 is 17.4 Å². The van der Waals surface area contributed by atoms with Crippen LogP contribution < -0.4 is 10.1 Å². The number of hydrogen-bond acceptors (Lipinski definition) is 5. The molecule has 0 radical (unpaired) electrons. The number of ketones is 1. The van der Waals surface area contributed by atoms with Crippen LogP contribution in [0.4, 0.5) is 4.39 Å². The van der Waals surface area contributed by atoms with Crippen LogP contribution in [0.15, 0.2) is 48.1 Å². The first-order chi connectivity index (χ1) is 18.0. The second kappa shape index (κ2) is 11.0. The second-order valence-corrected chi connectivity index (χ2v) is 10.3. The van der Waals surface area contributed by atoms with Gasteiger partial charge in [0.1, 0.15) is 5.75 Å². The van der Waals surface area contributed by atoms with Gasteiger partial charge in [0, 0.05) is 29.7 Å². The maximum Gasteiger partial charge on any atom is 0.213 e. The standard InChI is InChI=1S/C31H35FN2O3/c1-19-23(10-12-29(34-19)37-2)22-16-20-9-11-28(36)24(7-5-14-32)30(20)31(25-6-3-4-8-27(25)35)26(17-22)21-13-15-33-18-21/h3-4,6,9-12,16,21,26,31,33,36H,5,7-8,13-15,17-18H2,1-2H3. The highest BCUT2D eigenvalue weighted by Gasteiger charge is 2.41. The summed E-state index contributed by atoms with van der Waals surface area (Å²) in [5, 5.41) is 14.5. The zero-order chi connectivity index (χ0) is 25.9. The lowest BCUT2D eigenvalue weighted by Crippen LogP contribution is -2.29. The van der Waals surface area contributed by atoms with Gasteiger partial charge < -0.3 is 15.2 Å². The minimum absolute atomic E-state index is 0.125. The highest BCUT2D eigenvalue weighted by atomic mass is 19.1. The molecule has 0 spiro atoms. The molecule has 0 bridgehead atoms. The van der Waals surface area contributed by atoms with Gasteiger partial charge in [-0.3, -0.25) is 9.18 Å². The number of aromatic nitrogens is 1. The number of pyridine rings is 1. The van der Waals surface area contributed by atoms with Crippen molar-refractivity contribution in [1.82, 2.24) is 10.3 Å².